The largest absolute Gasteiger partial charge is 0.379 e. The van der Waals surface area contributed by atoms with Crippen LogP contribution in [0.4, 0.5) is 11.6 Å². The molecular weight excluding hydrogens is 304 g/mol. The Hall–Kier alpha value is -1.49. The minimum absolute atomic E-state index is 0.762. The molecule has 0 unspecified atom stereocenters. The summed E-state index contributed by atoms with van der Waals surface area (Å²) < 4.78 is 3.23. The van der Waals surface area contributed by atoms with Crippen LogP contribution in [-0.2, 0) is 13.6 Å². The van der Waals surface area contributed by atoms with Gasteiger partial charge in [0.1, 0.15) is 0 Å². The van der Waals surface area contributed by atoms with Crippen LogP contribution in [0.15, 0.2) is 28.9 Å². The Balaban J connectivity index is 2.08. The molecule has 0 aliphatic heterocycles. The number of hydrogen-bond acceptors (Lipinski definition) is 3. The van der Waals surface area contributed by atoms with E-state index < -0.39 is 0 Å². The third kappa shape index (κ3) is 3.10. The zero-order valence-electron chi connectivity index (χ0n) is 11.7. The second-order valence-corrected chi connectivity index (χ2v) is 5.67. The Morgan fingerprint density at radius 1 is 1.37 bits per heavy atom. The average Bonchev–Trinajstić information content (AvgIpc) is 2.72. The number of benzene rings is 1. The third-order valence-electron chi connectivity index (χ3n) is 3.09. The van der Waals surface area contributed by atoms with Crippen LogP contribution in [0.1, 0.15) is 11.3 Å². The number of hydrogen-bond donors (Lipinski definition) is 1. The Kier molecular flexibility index (Phi) is 4.14. The van der Waals surface area contributed by atoms with Crippen LogP contribution in [0.2, 0.25) is 0 Å². The molecule has 0 aliphatic carbocycles. The van der Waals surface area contributed by atoms with Gasteiger partial charge in [-0.15, -0.1) is 0 Å². The van der Waals surface area contributed by atoms with Crippen molar-refractivity contribution in [2.75, 3.05) is 24.3 Å². The highest BCUT2D eigenvalue weighted by molar-refractivity contribution is 9.10. The van der Waals surface area contributed by atoms with Crippen molar-refractivity contribution in [1.29, 1.82) is 0 Å². The van der Waals surface area contributed by atoms with Gasteiger partial charge in [0, 0.05) is 31.3 Å². The summed E-state index contributed by atoms with van der Waals surface area (Å²) in [4.78, 5) is 6.41. The van der Waals surface area contributed by atoms with Gasteiger partial charge >= 0.3 is 0 Å². The number of nitrogens with one attached hydrogen (secondary N) is 1. The van der Waals surface area contributed by atoms with Gasteiger partial charge in [-0.2, -0.15) is 0 Å². The first-order valence-corrected chi connectivity index (χ1v) is 6.96. The second kappa shape index (κ2) is 5.65. The first-order chi connectivity index (χ1) is 8.99. The molecule has 2 aromatic rings. The molecule has 1 aromatic carbocycles. The van der Waals surface area contributed by atoms with E-state index in [-0.39, 0.29) is 0 Å². The van der Waals surface area contributed by atoms with Crippen molar-refractivity contribution in [2.45, 2.75) is 13.5 Å². The molecule has 1 heterocycles. The highest BCUT2D eigenvalue weighted by Gasteiger charge is 2.07. The minimum Gasteiger partial charge on any atom is -0.379 e. The number of anilines is 2. The Morgan fingerprint density at radius 2 is 2.11 bits per heavy atom. The van der Waals surface area contributed by atoms with Crippen LogP contribution in [-0.4, -0.2) is 23.6 Å². The van der Waals surface area contributed by atoms with E-state index in [4.69, 9.17) is 0 Å². The van der Waals surface area contributed by atoms with E-state index in [0.717, 1.165) is 28.3 Å². The molecule has 5 heteroatoms. The first-order valence-electron chi connectivity index (χ1n) is 6.17. The van der Waals surface area contributed by atoms with Gasteiger partial charge in [-0.25, -0.2) is 4.98 Å². The van der Waals surface area contributed by atoms with Crippen molar-refractivity contribution in [3.63, 3.8) is 0 Å². The van der Waals surface area contributed by atoms with Crippen LogP contribution in [0.25, 0.3) is 0 Å². The maximum atomic E-state index is 4.40. The molecule has 0 spiro atoms. The molecule has 19 heavy (non-hydrogen) atoms. The molecule has 0 fully saturated rings. The summed E-state index contributed by atoms with van der Waals surface area (Å²) >= 11 is 3.51. The summed E-state index contributed by atoms with van der Waals surface area (Å²) in [7, 11) is 6.03. The molecule has 4 nitrogen and oxygen atoms in total. The lowest BCUT2D eigenvalue weighted by atomic mass is 10.2. The topological polar surface area (TPSA) is 33.1 Å². The predicted octanol–water partition coefficient (Wildman–Crippen LogP) is 3.17. The van der Waals surface area contributed by atoms with Crippen LogP contribution >= 0.6 is 15.9 Å². The molecule has 0 aliphatic rings. The number of aryl methyl sites for hydroxylation is 1. The summed E-state index contributed by atoms with van der Waals surface area (Å²) in [6.07, 6.45) is 1.91. The van der Waals surface area contributed by atoms with Crippen LogP contribution in [0.3, 0.4) is 0 Å². The zero-order valence-corrected chi connectivity index (χ0v) is 13.3. The van der Waals surface area contributed by atoms with Gasteiger partial charge < -0.3 is 14.8 Å². The standard InChI is InChI=1S/C14H19BrN4/c1-10-7-11(5-6-13(10)15)16-8-12-9-17-14(18(2)3)19(12)4/h5-7,9,16H,8H2,1-4H3. The fourth-order valence-electron chi connectivity index (χ4n) is 1.96. The molecule has 0 radical (unpaired) electrons. The predicted molar refractivity (Wildman–Crippen MR) is 83.7 cm³/mol. The van der Waals surface area contributed by atoms with Crippen molar-refractivity contribution < 1.29 is 0 Å². The van der Waals surface area contributed by atoms with Gasteiger partial charge in [0.05, 0.1) is 18.4 Å². The Labute approximate surface area is 122 Å². The number of aromatic nitrogens is 2. The van der Waals surface area contributed by atoms with E-state index >= 15 is 0 Å². The monoisotopic (exact) mass is 322 g/mol. The van der Waals surface area contributed by atoms with Crippen molar-refractivity contribution in [3.05, 3.63) is 40.1 Å². The zero-order chi connectivity index (χ0) is 14.0. The van der Waals surface area contributed by atoms with E-state index in [1.54, 1.807) is 0 Å². The summed E-state index contributed by atoms with van der Waals surface area (Å²) in [5.41, 5.74) is 3.50. The SMILES string of the molecule is Cc1cc(NCc2cnc(N(C)C)n2C)ccc1Br. The highest BCUT2D eigenvalue weighted by atomic mass is 79.9. The molecule has 102 valence electrons. The van der Waals surface area contributed by atoms with E-state index in [1.165, 1.54) is 5.56 Å². The van der Waals surface area contributed by atoms with Gasteiger partial charge in [0.15, 0.2) is 0 Å². The van der Waals surface area contributed by atoms with Gasteiger partial charge in [0.2, 0.25) is 5.95 Å². The van der Waals surface area contributed by atoms with E-state index in [0.29, 0.717) is 0 Å². The quantitative estimate of drug-likeness (QED) is 0.938. The molecular formula is C14H19BrN4. The van der Waals surface area contributed by atoms with Crippen LogP contribution in [0, 0.1) is 6.92 Å². The van der Waals surface area contributed by atoms with Gasteiger partial charge in [-0.1, -0.05) is 15.9 Å². The van der Waals surface area contributed by atoms with Crippen LogP contribution < -0.4 is 10.2 Å². The number of halogens is 1. The molecule has 2 rings (SSSR count). The molecule has 0 amide bonds. The number of rotatable bonds is 4. The smallest absolute Gasteiger partial charge is 0.204 e. The third-order valence-corrected chi connectivity index (χ3v) is 3.98. The number of nitrogens with zero attached hydrogens (tertiary/aromatic N) is 3. The lowest BCUT2D eigenvalue weighted by Gasteiger charge is -2.13. The maximum absolute atomic E-state index is 4.40. The second-order valence-electron chi connectivity index (χ2n) is 4.82. The van der Waals surface area contributed by atoms with Crippen molar-refractivity contribution in [3.8, 4) is 0 Å². The molecule has 0 bridgehead atoms. The van der Waals surface area contributed by atoms with Gasteiger partial charge in [-0.3, -0.25) is 0 Å². The van der Waals surface area contributed by atoms with E-state index in [9.17, 15) is 0 Å². The van der Waals surface area contributed by atoms with E-state index in [1.807, 2.05) is 32.2 Å². The Morgan fingerprint density at radius 3 is 2.68 bits per heavy atom. The summed E-state index contributed by atoms with van der Waals surface area (Å²) in [5.74, 6) is 0.962. The Bertz CT molecular complexity index is 575. The van der Waals surface area contributed by atoms with Crippen molar-refractivity contribution >= 4 is 27.6 Å². The lowest BCUT2D eigenvalue weighted by molar-refractivity contribution is 0.814. The molecule has 0 saturated heterocycles. The van der Waals surface area contributed by atoms with E-state index in [2.05, 4.69) is 55.9 Å². The van der Waals surface area contributed by atoms with Gasteiger partial charge in [-0.05, 0) is 30.7 Å². The minimum atomic E-state index is 0.762. The molecule has 0 saturated carbocycles. The lowest BCUT2D eigenvalue weighted by Crippen LogP contribution is -2.15. The molecule has 0 atom stereocenters. The summed E-state index contributed by atoms with van der Waals surface area (Å²) in [6, 6.07) is 6.26. The highest BCUT2D eigenvalue weighted by Crippen LogP contribution is 2.20. The first kappa shape index (κ1) is 13.9. The normalized spacial score (nSPS) is 10.6. The summed E-state index contributed by atoms with van der Waals surface area (Å²) in [6.45, 7) is 2.85. The maximum Gasteiger partial charge on any atom is 0.204 e. The fourth-order valence-corrected chi connectivity index (χ4v) is 2.21. The van der Waals surface area contributed by atoms with Crippen LogP contribution in [0.5, 0.6) is 0 Å². The summed E-state index contributed by atoms with van der Waals surface area (Å²) in [5, 5.41) is 3.42. The fraction of sp³-hybridized carbons (Fsp3) is 0.357. The van der Waals surface area contributed by atoms with Gasteiger partial charge in [0.25, 0.3) is 0 Å². The van der Waals surface area contributed by atoms with Crippen molar-refractivity contribution in [1.82, 2.24) is 9.55 Å². The molecule has 1 aromatic heterocycles. The number of imidazole rings is 1. The van der Waals surface area contributed by atoms with Crippen molar-refractivity contribution in [2.24, 2.45) is 7.05 Å². The average molecular weight is 323 g/mol. The molecule has 1 N–H and O–H groups in total.